The van der Waals surface area contributed by atoms with E-state index in [0.717, 1.165) is 29.7 Å². The van der Waals surface area contributed by atoms with Crippen LogP contribution in [0, 0.1) is 6.92 Å². The maximum atomic E-state index is 12.2. The van der Waals surface area contributed by atoms with Crippen LogP contribution in [0.1, 0.15) is 46.0 Å². The SMILES string of the molecule is Cc1ccc(C(=O)NC2CC2)cc1NCc1nc(Cc2ccccc2)no1. The molecule has 1 heterocycles. The molecule has 1 amide bonds. The number of carbonyl (C=O) groups is 1. The molecule has 2 N–H and O–H groups in total. The first kappa shape index (κ1) is 17.3. The number of carbonyl (C=O) groups excluding carboxylic acids is 1. The monoisotopic (exact) mass is 362 g/mol. The van der Waals surface area contributed by atoms with Crippen molar-refractivity contribution in [2.45, 2.75) is 38.8 Å². The topological polar surface area (TPSA) is 80.0 Å². The Morgan fingerprint density at radius 1 is 1.19 bits per heavy atom. The van der Waals surface area contributed by atoms with Crippen LogP contribution in [0.4, 0.5) is 5.69 Å². The lowest BCUT2D eigenvalue weighted by molar-refractivity contribution is 0.0951. The maximum Gasteiger partial charge on any atom is 0.251 e. The number of nitrogens with one attached hydrogen (secondary N) is 2. The first-order chi connectivity index (χ1) is 13.2. The number of aromatic nitrogens is 2. The summed E-state index contributed by atoms with van der Waals surface area (Å²) < 4.78 is 5.33. The molecule has 27 heavy (non-hydrogen) atoms. The van der Waals surface area contributed by atoms with Gasteiger partial charge in [-0.3, -0.25) is 4.79 Å². The molecule has 1 aliphatic rings. The predicted molar refractivity (Wildman–Crippen MR) is 103 cm³/mol. The number of hydrogen-bond donors (Lipinski definition) is 2. The molecule has 0 bridgehead atoms. The largest absolute Gasteiger partial charge is 0.376 e. The van der Waals surface area contributed by atoms with Gasteiger partial charge in [0.25, 0.3) is 5.91 Å². The summed E-state index contributed by atoms with van der Waals surface area (Å²) in [5.74, 6) is 1.16. The Morgan fingerprint density at radius 2 is 2.00 bits per heavy atom. The van der Waals surface area contributed by atoms with Gasteiger partial charge >= 0.3 is 0 Å². The minimum atomic E-state index is -0.0245. The number of hydrogen-bond acceptors (Lipinski definition) is 5. The summed E-state index contributed by atoms with van der Waals surface area (Å²) in [4.78, 5) is 16.7. The fraction of sp³-hybridized carbons (Fsp3) is 0.286. The zero-order chi connectivity index (χ0) is 18.6. The summed E-state index contributed by atoms with van der Waals surface area (Å²) in [7, 11) is 0. The molecular formula is C21H22N4O2. The second-order valence-corrected chi connectivity index (χ2v) is 6.90. The molecule has 138 valence electrons. The molecule has 0 saturated heterocycles. The Morgan fingerprint density at radius 3 is 2.78 bits per heavy atom. The number of aryl methyl sites for hydroxylation is 1. The second kappa shape index (κ2) is 7.61. The van der Waals surface area contributed by atoms with Gasteiger partial charge in [-0.15, -0.1) is 0 Å². The molecule has 0 radical (unpaired) electrons. The van der Waals surface area contributed by atoms with Crippen molar-refractivity contribution in [2.75, 3.05) is 5.32 Å². The standard InChI is InChI=1S/C21H22N4O2/c1-14-7-8-16(21(26)23-17-9-10-17)12-18(14)22-13-20-24-19(25-27-20)11-15-5-3-2-4-6-15/h2-8,12,17,22H,9-11,13H2,1H3,(H,23,26). The van der Waals surface area contributed by atoms with Crippen molar-refractivity contribution in [1.29, 1.82) is 0 Å². The van der Waals surface area contributed by atoms with Crippen molar-refractivity contribution in [2.24, 2.45) is 0 Å². The number of amides is 1. The van der Waals surface area contributed by atoms with Crippen molar-refractivity contribution in [1.82, 2.24) is 15.5 Å². The molecule has 4 rings (SSSR count). The quantitative estimate of drug-likeness (QED) is 0.673. The minimum Gasteiger partial charge on any atom is -0.376 e. The van der Waals surface area contributed by atoms with Crippen LogP contribution in [0.3, 0.4) is 0 Å². The molecule has 6 nitrogen and oxygen atoms in total. The van der Waals surface area contributed by atoms with E-state index in [1.165, 1.54) is 0 Å². The van der Waals surface area contributed by atoms with Crippen molar-refractivity contribution in [3.8, 4) is 0 Å². The smallest absolute Gasteiger partial charge is 0.251 e. The van der Waals surface area contributed by atoms with Gasteiger partial charge in [-0.2, -0.15) is 4.98 Å². The molecule has 1 aliphatic carbocycles. The van der Waals surface area contributed by atoms with Crippen LogP contribution in [0.2, 0.25) is 0 Å². The second-order valence-electron chi connectivity index (χ2n) is 6.90. The van der Waals surface area contributed by atoms with Gasteiger partial charge in [0.05, 0.1) is 6.54 Å². The average molecular weight is 362 g/mol. The molecule has 6 heteroatoms. The Labute approximate surface area is 158 Å². The van der Waals surface area contributed by atoms with Crippen molar-refractivity contribution >= 4 is 11.6 Å². The van der Waals surface area contributed by atoms with Crippen LogP contribution in [-0.4, -0.2) is 22.1 Å². The van der Waals surface area contributed by atoms with Crippen LogP contribution >= 0.6 is 0 Å². The third-order valence-electron chi connectivity index (χ3n) is 4.56. The van der Waals surface area contributed by atoms with E-state index >= 15 is 0 Å². The van der Waals surface area contributed by atoms with E-state index in [0.29, 0.717) is 36.3 Å². The Kier molecular flexibility index (Phi) is 4.87. The normalized spacial score (nSPS) is 13.4. The van der Waals surface area contributed by atoms with Gasteiger partial charge < -0.3 is 15.2 Å². The Balaban J connectivity index is 1.39. The number of benzene rings is 2. The Bertz CT molecular complexity index is 932. The lowest BCUT2D eigenvalue weighted by Crippen LogP contribution is -2.25. The zero-order valence-corrected chi connectivity index (χ0v) is 15.2. The lowest BCUT2D eigenvalue weighted by Gasteiger charge is -2.10. The zero-order valence-electron chi connectivity index (χ0n) is 15.2. The van der Waals surface area contributed by atoms with Crippen LogP contribution in [0.5, 0.6) is 0 Å². The highest BCUT2D eigenvalue weighted by molar-refractivity contribution is 5.95. The number of nitrogens with zero attached hydrogens (tertiary/aromatic N) is 2. The van der Waals surface area contributed by atoms with Crippen molar-refractivity contribution in [3.63, 3.8) is 0 Å². The summed E-state index contributed by atoms with van der Waals surface area (Å²) in [6, 6.07) is 16.1. The van der Waals surface area contributed by atoms with Gasteiger partial charge in [-0.25, -0.2) is 0 Å². The van der Waals surface area contributed by atoms with E-state index in [9.17, 15) is 4.79 Å². The minimum absolute atomic E-state index is 0.0245. The fourth-order valence-electron chi connectivity index (χ4n) is 2.83. The van der Waals surface area contributed by atoms with Gasteiger partial charge in [0.15, 0.2) is 5.82 Å². The molecule has 1 fully saturated rings. The van der Waals surface area contributed by atoms with Crippen LogP contribution in [0.15, 0.2) is 53.1 Å². The molecule has 0 unspecified atom stereocenters. The third-order valence-corrected chi connectivity index (χ3v) is 4.56. The van der Waals surface area contributed by atoms with Gasteiger partial charge in [-0.05, 0) is 43.0 Å². The van der Waals surface area contributed by atoms with E-state index in [4.69, 9.17) is 4.52 Å². The van der Waals surface area contributed by atoms with E-state index in [2.05, 4.69) is 20.8 Å². The van der Waals surface area contributed by atoms with Crippen molar-refractivity contribution < 1.29 is 9.32 Å². The molecule has 1 aromatic heterocycles. The average Bonchev–Trinajstić information content (AvgIpc) is 3.38. The van der Waals surface area contributed by atoms with Crippen molar-refractivity contribution in [3.05, 3.63) is 76.9 Å². The van der Waals surface area contributed by atoms with E-state index < -0.39 is 0 Å². The first-order valence-electron chi connectivity index (χ1n) is 9.18. The highest BCUT2D eigenvalue weighted by atomic mass is 16.5. The third kappa shape index (κ3) is 4.53. The van der Waals surface area contributed by atoms with E-state index in [-0.39, 0.29) is 5.91 Å². The van der Waals surface area contributed by atoms with E-state index in [1.807, 2.05) is 55.5 Å². The highest BCUT2D eigenvalue weighted by Crippen LogP contribution is 2.21. The molecule has 0 spiro atoms. The summed E-state index contributed by atoms with van der Waals surface area (Å²) in [6.45, 7) is 2.41. The maximum absolute atomic E-state index is 12.2. The summed E-state index contributed by atoms with van der Waals surface area (Å²) >= 11 is 0. The molecule has 1 saturated carbocycles. The van der Waals surface area contributed by atoms with Gasteiger partial charge in [0.1, 0.15) is 0 Å². The highest BCUT2D eigenvalue weighted by Gasteiger charge is 2.24. The molecular weight excluding hydrogens is 340 g/mol. The molecule has 0 aliphatic heterocycles. The first-order valence-corrected chi connectivity index (χ1v) is 9.18. The van der Waals surface area contributed by atoms with Crippen LogP contribution < -0.4 is 10.6 Å². The molecule has 3 aromatic rings. The molecule has 2 aromatic carbocycles. The lowest BCUT2D eigenvalue weighted by atomic mass is 10.1. The summed E-state index contributed by atoms with van der Waals surface area (Å²) in [5.41, 5.74) is 3.75. The van der Waals surface area contributed by atoms with Crippen LogP contribution in [-0.2, 0) is 13.0 Å². The summed E-state index contributed by atoms with van der Waals surface area (Å²) in [6.07, 6.45) is 2.79. The van der Waals surface area contributed by atoms with Gasteiger partial charge in [0, 0.05) is 23.7 Å². The van der Waals surface area contributed by atoms with Gasteiger partial charge in [0.2, 0.25) is 5.89 Å². The number of anilines is 1. The Hall–Kier alpha value is -3.15. The predicted octanol–water partition coefficient (Wildman–Crippen LogP) is 3.47. The molecule has 0 atom stereocenters. The van der Waals surface area contributed by atoms with E-state index in [1.54, 1.807) is 0 Å². The fourth-order valence-corrected chi connectivity index (χ4v) is 2.83. The summed E-state index contributed by atoms with van der Waals surface area (Å²) in [5, 5.41) is 10.3. The van der Waals surface area contributed by atoms with Gasteiger partial charge in [-0.1, -0.05) is 41.6 Å². The number of rotatable bonds is 7. The van der Waals surface area contributed by atoms with Crippen LogP contribution in [0.25, 0.3) is 0 Å².